The minimum absolute atomic E-state index is 0.106. The second-order valence-corrected chi connectivity index (χ2v) is 12.4. The van der Waals surface area contributed by atoms with Crippen LogP contribution in [0.15, 0.2) is 109 Å². The molecule has 1 aliphatic heterocycles. The molecule has 4 aromatic rings. The highest BCUT2D eigenvalue weighted by molar-refractivity contribution is 6.35. The number of benzene rings is 4. The molecule has 0 spiro atoms. The van der Waals surface area contributed by atoms with Gasteiger partial charge in [0.1, 0.15) is 17.8 Å². The van der Waals surface area contributed by atoms with E-state index in [1.165, 1.54) is 0 Å². The average Bonchev–Trinajstić information content (AvgIpc) is 3.40. The summed E-state index contributed by atoms with van der Waals surface area (Å²) in [6.45, 7) is 6.27. The summed E-state index contributed by atoms with van der Waals surface area (Å²) >= 11 is 12.9. The molecule has 3 atom stereocenters. The van der Waals surface area contributed by atoms with Crippen LogP contribution in [0.4, 0.5) is 0 Å². The van der Waals surface area contributed by atoms with Crippen molar-refractivity contribution in [3.05, 3.63) is 141 Å². The Morgan fingerprint density at radius 3 is 1.75 bits per heavy atom. The fraction of sp³-hybridized carbons (Fsp3) is 0.351. The third-order valence-electron chi connectivity index (χ3n) is 8.37. The minimum atomic E-state index is -1.32. The molecular formula is C37H40Cl2O5. The lowest BCUT2D eigenvalue weighted by Gasteiger charge is -2.40. The number of aliphatic hydroxyl groups is 1. The summed E-state index contributed by atoms with van der Waals surface area (Å²) in [5.41, 5.74) is 1.41. The molecule has 0 aliphatic carbocycles. The van der Waals surface area contributed by atoms with Crippen LogP contribution >= 0.6 is 23.2 Å². The van der Waals surface area contributed by atoms with Crippen molar-refractivity contribution in [1.29, 1.82) is 0 Å². The minimum Gasteiger partial charge on any atom is -0.387 e. The lowest BCUT2D eigenvalue weighted by atomic mass is 9.80. The molecule has 44 heavy (non-hydrogen) atoms. The van der Waals surface area contributed by atoms with Gasteiger partial charge < -0.3 is 24.1 Å². The van der Waals surface area contributed by atoms with Gasteiger partial charge in [0.05, 0.1) is 25.4 Å². The number of hydrogen-bond acceptors (Lipinski definition) is 5. The predicted molar refractivity (Wildman–Crippen MR) is 175 cm³/mol. The molecule has 1 aliphatic rings. The molecule has 0 bridgehead atoms. The zero-order valence-corrected chi connectivity index (χ0v) is 26.9. The fourth-order valence-corrected chi connectivity index (χ4v) is 6.49. The smallest absolute Gasteiger partial charge is 0.163 e. The SMILES string of the molecule is CC[C@@](O)(CCOC(c1ccccc1)(c1ccccc1)c1ccccc1)[C@H](OCc1c(Cl)cccc1Cl)[C@H]1COC(C)(C)O1. The Hall–Kier alpha value is -2.74. The molecular weight excluding hydrogens is 595 g/mol. The van der Waals surface area contributed by atoms with Crippen LogP contribution in [0.3, 0.4) is 0 Å². The van der Waals surface area contributed by atoms with Gasteiger partial charge >= 0.3 is 0 Å². The first kappa shape index (κ1) is 32.6. The van der Waals surface area contributed by atoms with Crippen LogP contribution < -0.4 is 0 Å². The van der Waals surface area contributed by atoms with E-state index in [1.807, 2.05) is 75.4 Å². The molecule has 0 radical (unpaired) electrons. The first-order chi connectivity index (χ1) is 21.2. The normalized spacial score (nSPS) is 18.5. The Kier molecular flexibility index (Phi) is 10.5. The molecule has 4 aromatic carbocycles. The Balaban J connectivity index is 1.47. The lowest BCUT2D eigenvalue weighted by molar-refractivity contribution is -0.200. The quantitative estimate of drug-likeness (QED) is 0.149. The van der Waals surface area contributed by atoms with Crippen molar-refractivity contribution < 1.29 is 24.1 Å². The monoisotopic (exact) mass is 634 g/mol. The highest BCUT2D eigenvalue weighted by Crippen LogP contribution is 2.42. The van der Waals surface area contributed by atoms with E-state index in [4.69, 9.17) is 42.1 Å². The predicted octanol–water partition coefficient (Wildman–Crippen LogP) is 8.57. The second kappa shape index (κ2) is 14.1. The summed E-state index contributed by atoms with van der Waals surface area (Å²) in [4.78, 5) is 0. The Morgan fingerprint density at radius 1 is 0.818 bits per heavy atom. The zero-order chi connectivity index (χ0) is 31.2. The van der Waals surface area contributed by atoms with E-state index in [0.29, 0.717) is 22.0 Å². The highest BCUT2D eigenvalue weighted by Gasteiger charge is 2.48. The van der Waals surface area contributed by atoms with E-state index < -0.39 is 29.2 Å². The lowest BCUT2D eigenvalue weighted by Crippen LogP contribution is -2.52. The highest BCUT2D eigenvalue weighted by atomic mass is 35.5. The van der Waals surface area contributed by atoms with Crippen molar-refractivity contribution in [2.75, 3.05) is 13.2 Å². The molecule has 232 valence electrons. The van der Waals surface area contributed by atoms with Gasteiger partial charge in [-0.25, -0.2) is 0 Å². The largest absolute Gasteiger partial charge is 0.387 e. The fourth-order valence-electron chi connectivity index (χ4n) is 5.99. The maximum atomic E-state index is 12.3. The molecule has 0 aromatic heterocycles. The molecule has 1 N–H and O–H groups in total. The molecule has 1 saturated heterocycles. The number of hydrogen-bond donors (Lipinski definition) is 1. The molecule has 0 unspecified atom stereocenters. The summed E-state index contributed by atoms with van der Waals surface area (Å²) in [6, 6.07) is 35.9. The number of halogens is 2. The van der Waals surface area contributed by atoms with Gasteiger partial charge in [0.15, 0.2) is 5.79 Å². The van der Waals surface area contributed by atoms with Crippen molar-refractivity contribution in [1.82, 2.24) is 0 Å². The molecule has 5 rings (SSSR count). The molecule has 7 heteroatoms. The van der Waals surface area contributed by atoms with Gasteiger partial charge in [-0.3, -0.25) is 0 Å². The summed E-state index contributed by atoms with van der Waals surface area (Å²) in [5, 5.41) is 13.3. The van der Waals surface area contributed by atoms with Crippen LogP contribution in [-0.2, 0) is 31.2 Å². The summed E-state index contributed by atoms with van der Waals surface area (Å²) in [5.74, 6) is -0.803. The van der Waals surface area contributed by atoms with E-state index in [-0.39, 0.29) is 26.2 Å². The van der Waals surface area contributed by atoms with Crippen molar-refractivity contribution in [3.63, 3.8) is 0 Å². The standard InChI is InChI=1S/C37H40Cl2O5/c1-4-36(40,34(33-26-43-35(2,3)44-33)41-25-30-31(38)21-14-22-32(30)39)23-24-42-37(27-15-8-5-9-16-27,28-17-10-6-11-18-28)29-19-12-7-13-20-29/h5-22,33-34,40H,4,23-26H2,1-3H3/t33-,34-,36-/m1/s1. The Morgan fingerprint density at radius 2 is 1.32 bits per heavy atom. The molecule has 1 heterocycles. The van der Waals surface area contributed by atoms with Gasteiger partial charge in [-0.1, -0.05) is 127 Å². The van der Waals surface area contributed by atoms with E-state index in [2.05, 4.69) is 36.4 Å². The summed E-state index contributed by atoms with van der Waals surface area (Å²) in [6.07, 6.45) is -0.589. The maximum absolute atomic E-state index is 12.3. The van der Waals surface area contributed by atoms with E-state index in [0.717, 1.165) is 16.7 Å². The summed E-state index contributed by atoms with van der Waals surface area (Å²) in [7, 11) is 0. The molecule has 5 nitrogen and oxygen atoms in total. The molecule has 0 amide bonds. The third-order valence-corrected chi connectivity index (χ3v) is 9.08. The van der Waals surface area contributed by atoms with Crippen LogP contribution in [0.2, 0.25) is 10.0 Å². The topological polar surface area (TPSA) is 57.2 Å². The van der Waals surface area contributed by atoms with Gasteiger partial charge in [-0.05, 0) is 49.1 Å². The van der Waals surface area contributed by atoms with Gasteiger partial charge in [0.25, 0.3) is 0 Å². The Bertz CT molecular complexity index is 1370. The van der Waals surface area contributed by atoms with Gasteiger partial charge in [0, 0.05) is 22.0 Å². The van der Waals surface area contributed by atoms with Crippen LogP contribution in [0.25, 0.3) is 0 Å². The number of rotatable bonds is 13. The summed E-state index contributed by atoms with van der Waals surface area (Å²) < 4.78 is 25.6. The van der Waals surface area contributed by atoms with Crippen LogP contribution in [0, 0.1) is 0 Å². The van der Waals surface area contributed by atoms with Crippen LogP contribution in [-0.4, -0.2) is 41.9 Å². The van der Waals surface area contributed by atoms with Gasteiger partial charge in [0.2, 0.25) is 0 Å². The number of ether oxygens (including phenoxy) is 4. The van der Waals surface area contributed by atoms with Crippen molar-refractivity contribution in [3.8, 4) is 0 Å². The van der Waals surface area contributed by atoms with Crippen molar-refractivity contribution >= 4 is 23.2 Å². The Labute approximate surface area is 270 Å². The molecule has 1 fully saturated rings. The first-order valence-electron chi connectivity index (χ1n) is 15.1. The van der Waals surface area contributed by atoms with Crippen molar-refractivity contribution in [2.45, 2.75) is 69.4 Å². The van der Waals surface area contributed by atoms with Crippen molar-refractivity contribution in [2.24, 2.45) is 0 Å². The first-order valence-corrected chi connectivity index (χ1v) is 15.8. The van der Waals surface area contributed by atoms with Crippen LogP contribution in [0.5, 0.6) is 0 Å². The molecule has 0 saturated carbocycles. The maximum Gasteiger partial charge on any atom is 0.163 e. The van der Waals surface area contributed by atoms with Crippen LogP contribution in [0.1, 0.15) is 55.9 Å². The van der Waals surface area contributed by atoms with E-state index in [9.17, 15) is 5.11 Å². The van der Waals surface area contributed by atoms with Gasteiger partial charge in [-0.2, -0.15) is 0 Å². The third kappa shape index (κ3) is 7.05. The average molecular weight is 636 g/mol. The van der Waals surface area contributed by atoms with E-state index >= 15 is 0 Å². The second-order valence-electron chi connectivity index (χ2n) is 11.6. The van der Waals surface area contributed by atoms with E-state index in [1.54, 1.807) is 18.2 Å². The van der Waals surface area contributed by atoms with Gasteiger partial charge in [-0.15, -0.1) is 0 Å². The zero-order valence-electron chi connectivity index (χ0n) is 25.4.